The molecule has 6 heteroatoms. The van der Waals surface area contributed by atoms with Gasteiger partial charge in [-0.05, 0) is 73.3 Å². The van der Waals surface area contributed by atoms with E-state index in [-0.39, 0.29) is 11.8 Å². The van der Waals surface area contributed by atoms with Crippen LogP contribution in [0.5, 0.6) is 0 Å². The number of pyridine rings is 1. The third kappa shape index (κ3) is 2.39. The van der Waals surface area contributed by atoms with Crippen molar-refractivity contribution in [2.45, 2.75) is 25.8 Å². The first-order valence-electron chi connectivity index (χ1n) is 8.12. The number of aromatic nitrogens is 2. The summed E-state index contributed by atoms with van der Waals surface area (Å²) in [5.41, 5.74) is 0.497. The molecule has 0 radical (unpaired) electrons. The van der Waals surface area contributed by atoms with Crippen LogP contribution >= 0.6 is 15.9 Å². The average molecular weight is 377 g/mol. The van der Waals surface area contributed by atoms with Crippen molar-refractivity contribution >= 4 is 27.4 Å². The van der Waals surface area contributed by atoms with Gasteiger partial charge >= 0.3 is 0 Å². The van der Waals surface area contributed by atoms with Gasteiger partial charge in [0.2, 0.25) is 5.91 Å². The highest BCUT2D eigenvalue weighted by Crippen LogP contribution is 2.43. The van der Waals surface area contributed by atoms with Crippen LogP contribution in [-0.2, 0) is 10.3 Å². The van der Waals surface area contributed by atoms with Crippen LogP contribution in [0, 0.1) is 17.8 Å². The molecule has 4 rings (SSSR count). The minimum atomic E-state index is -0.512. The minimum absolute atomic E-state index is 0.161. The zero-order chi connectivity index (χ0) is 16.2. The quantitative estimate of drug-likeness (QED) is 0.863. The van der Waals surface area contributed by atoms with Crippen molar-refractivity contribution < 1.29 is 4.79 Å². The molecule has 3 heterocycles. The van der Waals surface area contributed by atoms with Gasteiger partial charge in [-0.25, -0.2) is 4.98 Å². The zero-order valence-corrected chi connectivity index (χ0v) is 14.9. The lowest BCUT2D eigenvalue weighted by Crippen LogP contribution is -2.60. The molecule has 0 aromatic carbocycles. The van der Waals surface area contributed by atoms with E-state index in [0.29, 0.717) is 11.8 Å². The van der Waals surface area contributed by atoms with Crippen molar-refractivity contribution in [2.24, 2.45) is 17.8 Å². The summed E-state index contributed by atoms with van der Waals surface area (Å²) < 4.78 is 3.04. The van der Waals surface area contributed by atoms with Gasteiger partial charge in [-0.1, -0.05) is 0 Å². The van der Waals surface area contributed by atoms with Gasteiger partial charge in [0.25, 0.3) is 0 Å². The van der Waals surface area contributed by atoms with E-state index in [9.17, 15) is 4.79 Å². The molecule has 2 aromatic heterocycles. The number of hydrogen-bond acceptors (Lipinski definition) is 3. The van der Waals surface area contributed by atoms with Gasteiger partial charge in [0.15, 0.2) is 0 Å². The number of amides is 1. The molecular formula is C17H21BrN4O. The number of fused-ring (bicyclic) bond motifs is 3. The van der Waals surface area contributed by atoms with Crippen LogP contribution in [0.2, 0.25) is 0 Å². The lowest BCUT2D eigenvalue weighted by molar-refractivity contribution is -0.138. The number of halogens is 1. The predicted molar refractivity (Wildman–Crippen MR) is 92.0 cm³/mol. The molecule has 23 heavy (non-hydrogen) atoms. The summed E-state index contributed by atoms with van der Waals surface area (Å²) in [6.07, 6.45) is 5.01. The fraction of sp³-hybridized carbons (Fsp3) is 0.529. The van der Waals surface area contributed by atoms with Gasteiger partial charge < -0.3 is 15.0 Å². The summed E-state index contributed by atoms with van der Waals surface area (Å²) in [4.78, 5) is 17.3. The van der Waals surface area contributed by atoms with Crippen molar-refractivity contribution in [3.05, 3.63) is 34.8 Å². The third-order valence-electron chi connectivity index (χ3n) is 5.25. The van der Waals surface area contributed by atoms with E-state index >= 15 is 0 Å². The normalized spacial score (nSPS) is 26.8. The topological polar surface area (TPSA) is 58.4 Å². The van der Waals surface area contributed by atoms with Gasteiger partial charge in [0.05, 0.1) is 17.3 Å². The van der Waals surface area contributed by atoms with E-state index in [1.165, 1.54) is 6.42 Å². The van der Waals surface area contributed by atoms with Crippen LogP contribution in [0.15, 0.2) is 29.0 Å². The fourth-order valence-corrected chi connectivity index (χ4v) is 4.52. The Hall–Kier alpha value is -1.40. The number of nitrogens with one attached hydrogen (secondary N) is 2. The Morgan fingerprint density at radius 2 is 2.17 bits per heavy atom. The minimum Gasteiger partial charge on any atom is -0.344 e. The number of piperidine rings is 2. The molecule has 1 amide bonds. The first kappa shape index (κ1) is 15.1. The monoisotopic (exact) mass is 376 g/mol. The molecule has 1 saturated heterocycles. The molecule has 2 aromatic rings. The molecule has 1 saturated carbocycles. The first-order valence-corrected chi connectivity index (χ1v) is 8.91. The van der Waals surface area contributed by atoms with Gasteiger partial charge in [-0.2, -0.15) is 0 Å². The van der Waals surface area contributed by atoms with Gasteiger partial charge in [-0.15, -0.1) is 0 Å². The van der Waals surface area contributed by atoms with Gasteiger partial charge in [-0.3, -0.25) is 4.79 Å². The summed E-state index contributed by atoms with van der Waals surface area (Å²) in [5.74, 6) is 2.18. The maximum absolute atomic E-state index is 12.8. The smallest absolute Gasteiger partial charge is 0.224 e. The largest absolute Gasteiger partial charge is 0.344 e. The van der Waals surface area contributed by atoms with Crippen molar-refractivity contribution in [1.29, 1.82) is 0 Å². The molecular weight excluding hydrogens is 356 g/mol. The summed E-state index contributed by atoms with van der Waals surface area (Å²) >= 11 is 3.55. The third-order valence-corrected chi connectivity index (χ3v) is 5.92. The molecule has 2 aliphatic rings. The van der Waals surface area contributed by atoms with Crippen LogP contribution in [0.25, 0.3) is 5.52 Å². The predicted octanol–water partition coefficient (Wildman–Crippen LogP) is 2.30. The maximum Gasteiger partial charge on any atom is 0.224 e. The fourth-order valence-electron chi connectivity index (χ4n) is 4.07. The molecule has 2 N–H and O–H groups in total. The van der Waals surface area contributed by atoms with E-state index in [1.54, 1.807) is 0 Å². The lowest BCUT2D eigenvalue weighted by atomic mass is 9.61. The van der Waals surface area contributed by atoms with E-state index in [1.807, 2.05) is 42.8 Å². The Morgan fingerprint density at radius 3 is 2.87 bits per heavy atom. The highest BCUT2D eigenvalue weighted by Gasteiger charge is 2.48. The van der Waals surface area contributed by atoms with E-state index in [0.717, 1.165) is 28.9 Å². The average Bonchev–Trinajstić information content (AvgIpc) is 2.93. The highest BCUT2D eigenvalue weighted by molar-refractivity contribution is 9.10. The number of rotatable bonds is 3. The molecule has 1 aliphatic heterocycles. The number of imidazole rings is 1. The van der Waals surface area contributed by atoms with Crippen molar-refractivity contribution in [1.82, 2.24) is 20.0 Å². The lowest BCUT2D eigenvalue weighted by Gasteiger charge is -2.49. The molecule has 2 bridgehead atoms. The molecule has 5 nitrogen and oxygen atoms in total. The Balaban J connectivity index is 1.59. The molecule has 1 aliphatic carbocycles. The van der Waals surface area contributed by atoms with E-state index in [2.05, 4.69) is 31.5 Å². The zero-order valence-electron chi connectivity index (χ0n) is 13.3. The van der Waals surface area contributed by atoms with Crippen LogP contribution < -0.4 is 10.6 Å². The molecule has 122 valence electrons. The Morgan fingerprint density at radius 1 is 1.43 bits per heavy atom. The summed E-state index contributed by atoms with van der Waals surface area (Å²) in [5, 5.41) is 6.62. The summed E-state index contributed by atoms with van der Waals surface area (Å²) in [6.45, 7) is 5.98. The second-order valence-electron chi connectivity index (χ2n) is 7.25. The second kappa shape index (κ2) is 5.31. The van der Waals surface area contributed by atoms with Gasteiger partial charge in [0.1, 0.15) is 5.82 Å². The SMILES string of the molecule is CC(C)(NC(=O)C1C2CNC[C@H]1C2)c1ncc2c(Br)cccn12. The van der Waals surface area contributed by atoms with Crippen molar-refractivity contribution in [3.8, 4) is 0 Å². The van der Waals surface area contributed by atoms with Crippen LogP contribution in [-0.4, -0.2) is 28.4 Å². The Bertz CT molecular complexity index is 755. The van der Waals surface area contributed by atoms with Crippen molar-refractivity contribution in [3.63, 3.8) is 0 Å². The van der Waals surface area contributed by atoms with E-state index in [4.69, 9.17) is 0 Å². The Labute approximate surface area is 144 Å². The summed E-state index contributed by atoms with van der Waals surface area (Å²) in [6, 6.07) is 3.97. The van der Waals surface area contributed by atoms with Gasteiger partial charge in [0, 0.05) is 16.6 Å². The number of carbonyl (C=O) groups excluding carboxylic acids is 1. The van der Waals surface area contributed by atoms with Crippen molar-refractivity contribution in [2.75, 3.05) is 13.1 Å². The van der Waals surface area contributed by atoms with Crippen LogP contribution in [0.4, 0.5) is 0 Å². The van der Waals surface area contributed by atoms with Crippen LogP contribution in [0.1, 0.15) is 26.1 Å². The standard InChI is InChI=1S/C17H21BrN4O/c1-17(2,16-20-9-13-12(18)4-3-5-22(13)16)21-15(23)14-10-6-11(14)8-19-7-10/h3-5,9-11,14,19H,6-8H2,1-2H3,(H,21,23)/t10-,11?,14?/m1/s1. The Kier molecular flexibility index (Phi) is 3.50. The highest BCUT2D eigenvalue weighted by atomic mass is 79.9. The first-order chi connectivity index (χ1) is 11.0. The van der Waals surface area contributed by atoms with E-state index < -0.39 is 5.54 Å². The maximum atomic E-state index is 12.8. The molecule has 0 spiro atoms. The molecule has 2 fully saturated rings. The molecule has 3 atom stereocenters. The van der Waals surface area contributed by atoms with Crippen LogP contribution in [0.3, 0.4) is 0 Å². The number of nitrogens with zero attached hydrogens (tertiary/aromatic N) is 2. The second-order valence-corrected chi connectivity index (χ2v) is 8.10. The summed E-state index contributed by atoms with van der Waals surface area (Å²) in [7, 11) is 0. The number of carbonyl (C=O) groups is 1. The number of hydrogen-bond donors (Lipinski definition) is 2. The molecule has 2 unspecified atom stereocenters.